The maximum absolute atomic E-state index is 4.52. The number of aromatic nitrogens is 2. The zero-order chi connectivity index (χ0) is 13.8. The van der Waals surface area contributed by atoms with Gasteiger partial charge in [-0.2, -0.15) is 0 Å². The Morgan fingerprint density at radius 1 is 1.05 bits per heavy atom. The Labute approximate surface area is 120 Å². The van der Waals surface area contributed by atoms with E-state index < -0.39 is 0 Å². The Morgan fingerprint density at radius 3 is 2.50 bits per heavy atom. The van der Waals surface area contributed by atoms with E-state index in [-0.39, 0.29) is 0 Å². The van der Waals surface area contributed by atoms with E-state index in [0.29, 0.717) is 0 Å². The highest BCUT2D eigenvalue weighted by molar-refractivity contribution is 5.62. The van der Waals surface area contributed by atoms with Gasteiger partial charge in [0, 0.05) is 25.1 Å². The van der Waals surface area contributed by atoms with E-state index in [2.05, 4.69) is 33.9 Å². The molecule has 0 spiro atoms. The summed E-state index contributed by atoms with van der Waals surface area (Å²) in [6.07, 6.45) is 8.20. The van der Waals surface area contributed by atoms with Gasteiger partial charge in [0.05, 0.1) is 5.69 Å². The quantitative estimate of drug-likeness (QED) is 0.853. The van der Waals surface area contributed by atoms with Crippen LogP contribution in [0.1, 0.15) is 25.5 Å². The van der Waals surface area contributed by atoms with Crippen LogP contribution in [0.25, 0.3) is 11.1 Å². The molecule has 0 amide bonds. The van der Waals surface area contributed by atoms with Gasteiger partial charge in [0.25, 0.3) is 0 Å². The van der Waals surface area contributed by atoms with Crippen LogP contribution >= 0.6 is 0 Å². The molecule has 1 saturated heterocycles. The smallest absolute Gasteiger partial charge is 0.0550 e. The molecule has 3 nitrogen and oxygen atoms in total. The highest BCUT2D eigenvalue weighted by Crippen LogP contribution is 2.21. The lowest BCUT2D eigenvalue weighted by Gasteiger charge is -2.29. The molecular weight excluding hydrogens is 246 g/mol. The largest absolute Gasteiger partial charge is 0.297 e. The molecule has 3 heteroatoms. The van der Waals surface area contributed by atoms with Gasteiger partial charge in [-0.3, -0.25) is 14.9 Å². The first-order valence-corrected chi connectivity index (χ1v) is 7.39. The SMILES string of the molecule is CC1CCN(Cc2cc(-c3ccncc3)ccn2)CC1. The molecule has 104 valence electrons. The molecule has 0 unspecified atom stereocenters. The number of hydrogen-bond acceptors (Lipinski definition) is 3. The van der Waals surface area contributed by atoms with Crippen LogP contribution in [0.2, 0.25) is 0 Å². The number of nitrogens with zero attached hydrogens (tertiary/aromatic N) is 3. The summed E-state index contributed by atoms with van der Waals surface area (Å²) in [5, 5.41) is 0. The molecule has 0 aliphatic carbocycles. The first-order valence-electron chi connectivity index (χ1n) is 7.39. The fraction of sp³-hybridized carbons (Fsp3) is 0.412. The van der Waals surface area contributed by atoms with Crippen molar-refractivity contribution in [1.82, 2.24) is 14.9 Å². The van der Waals surface area contributed by atoms with Crippen LogP contribution in [0, 0.1) is 5.92 Å². The highest BCUT2D eigenvalue weighted by Gasteiger charge is 2.16. The summed E-state index contributed by atoms with van der Waals surface area (Å²) >= 11 is 0. The molecule has 1 aliphatic rings. The second-order valence-corrected chi connectivity index (χ2v) is 5.73. The van der Waals surface area contributed by atoms with Crippen molar-refractivity contribution < 1.29 is 0 Å². The van der Waals surface area contributed by atoms with E-state index in [4.69, 9.17) is 0 Å². The van der Waals surface area contributed by atoms with Gasteiger partial charge in [0.15, 0.2) is 0 Å². The third-order valence-electron chi connectivity index (χ3n) is 4.09. The molecule has 2 aromatic rings. The van der Waals surface area contributed by atoms with Crippen LogP contribution in [0.3, 0.4) is 0 Å². The average molecular weight is 267 g/mol. The molecule has 0 saturated carbocycles. The van der Waals surface area contributed by atoms with Gasteiger partial charge in [-0.1, -0.05) is 6.92 Å². The van der Waals surface area contributed by atoms with Gasteiger partial charge >= 0.3 is 0 Å². The van der Waals surface area contributed by atoms with Gasteiger partial charge < -0.3 is 0 Å². The Kier molecular flexibility index (Phi) is 4.07. The molecular formula is C17H21N3. The summed E-state index contributed by atoms with van der Waals surface area (Å²) in [7, 11) is 0. The van der Waals surface area contributed by atoms with Crippen LogP contribution in [0.15, 0.2) is 42.9 Å². The van der Waals surface area contributed by atoms with Crippen molar-refractivity contribution >= 4 is 0 Å². The molecule has 3 rings (SSSR count). The zero-order valence-electron chi connectivity index (χ0n) is 12.0. The van der Waals surface area contributed by atoms with Crippen molar-refractivity contribution in [3.05, 3.63) is 48.5 Å². The Hall–Kier alpha value is -1.74. The number of likely N-dealkylation sites (tertiary alicyclic amines) is 1. The Balaban J connectivity index is 1.72. The third-order valence-corrected chi connectivity index (χ3v) is 4.09. The lowest BCUT2D eigenvalue weighted by atomic mass is 9.99. The summed E-state index contributed by atoms with van der Waals surface area (Å²) in [6, 6.07) is 8.36. The van der Waals surface area contributed by atoms with Crippen LogP contribution < -0.4 is 0 Å². The second kappa shape index (κ2) is 6.14. The van der Waals surface area contributed by atoms with E-state index in [1.54, 1.807) is 0 Å². The first kappa shape index (κ1) is 13.3. The lowest BCUT2D eigenvalue weighted by Crippen LogP contribution is -2.32. The molecule has 0 bridgehead atoms. The normalized spacial score (nSPS) is 17.2. The second-order valence-electron chi connectivity index (χ2n) is 5.73. The van der Waals surface area contributed by atoms with Crippen LogP contribution in [0.4, 0.5) is 0 Å². The standard InChI is InChI=1S/C17H21N3/c1-14-5-10-20(11-6-14)13-17-12-16(4-9-19-17)15-2-7-18-8-3-15/h2-4,7-9,12,14H,5-6,10-11,13H2,1H3. The Morgan fingerprint density at radius 2 is 1.75 bits per heavy atom. The van der Waals surface area contributed by atoms with Gasteiger partial charge in [-0.25, -0.2) is 0 Å². The predicted molar refractivity (Wildman–Crippen MR) is 81.1 cm³/mol. The fourth-order valence-electron chi connectivity index (χ4n) is 2.74. The van der Waals surface area contributed by atoms with Crippen molar-refractivity contribution in [2.45, 2.75) is 26.3 Å². The van der Waals surface area contributed by atoms with Gasteiger partial charge in [-0.15, -0.1) is 0 Å². The van der Waals surface area contributed by atoms with E-state index in [9.17, 15) is 0 Å². The lowest BCUT2D eigenvalue weighted by molar-refractivity contribution is 0.183. The summed E-state index contributed by atoms with van der Waals surface area (Å²) in [5.41, 5.74) is 3.59. The van der Waals surface area contributed by atoms with Crippen LogP contribution in [-0.2, 0) is 6.54 Å². The predicted octanol–water partition coefficient (Wildman–Crippen LogP) is 3.38. The Bertz CT molecular complexity index is 545. The summed E-state index contributed by atoms with van der Waals surface area (Å²) in [6.45, 7) is 5.70. The van der Waals surface area contributed by atoms with Crippen molar-refractivity contribution in [2.75, 3.05) is 13.1 Å². The van der Waals surface area contributed by atoms with Gasteiger partial charge in [0.2, 0.25) is 0 Å². The average Bonchev–Trinajstić information content (AvgIpc) is 2.51. The van der Waals surface area contributed by atoms with E-state index in [1.807, 2.05) is 30.7 Å². The maximum atomic E-state index is 4.52. The minimum Gasteiger partial charge on any atom is -0.297 e. The molecule has 0 N–H and O–H groups in total. The van der Waals surface area contributed by atoms with E-state index in [0.717, 1.165) is 18.2 Å². The summed E-state index contributed by atoms with van der Waals surface area (Å²) in [4.78, 5) is 11.1. The minimum atomic E-state index is 0.877. The third kappa shape index (κ3) is 3.23. The number of piperidine rings is 1. The topological polar surface area (TPSA) is 29.0 Å². The van der Waals surface area contributed by atoms with Crippen molar-refractivity contribution in [3.8, 4) is 11.1 Å². The highest BCUT2D eigenvalue weighted by atomic mass is 15.1. The summed E-state index contributed by atoms with van der Waals surface area (Å²) < 4.78 is 0. The van der Waals surface area contributed by atoms with E-state index in [1.165, 1.54) is 37.1 Å². The molecule has 0 radical (unpaired) electrons. The monoisotopic (exact) mass is 267 g/mol. The van der Waals surface area contributed by atoms with E-state index >= 15 is 0 Å². The maximum Gasteiger partial charge on any atom is 0.0550 e. The molecule has 20 heavy (non-hydrogen) atoms. The van der Waals surface area contributed by atoms with Gasteiger partial charge in [0.1, 0.15) is 0 Å². The minimum absolute atomic E-state index is 0.877. The number of rotatable bonds is 3. The molecule has 3 heterocycles. The molecule has 1 aliphatic heterocycles. The van der Waals surface area contributed by atoms with Crippen molar-refractivity contribution in [2.24, 2.45) is 5.92 Å². The van der Waals surface area contributed by atoms with Crippen LogP contribution in [-0.4, -0.2) is 28.0 Å². The van der Waals surface area contributed by atoms with Crippen molar-refractivity contribution in [1.29, 1.82) is 0 Å². The molecule has 2 aromatic heterocycles. The number of pyridine rings is 2. The zero-order valence-corrected chi connectivity index (χ0v) is 12.0. The van der Waals surface area contributed by atoms with Crippen LogP contribution in [0.5, 0.6) is 0 Å². The number of hydrogen-bond donors (Lipinski definition) is 0. The summed E-state index contributed by atoms with van der Waals surface area (Å²) in [5.74, 6) is 0.877. The fourth-order valence-corrected chi connectivity index (χ4v) is 2.74. The van der Waals surface area contributed by atoms with Crippen molar-refractivity contribution in [3.63, 3.8) is 0 Å². The first-order chi connectivity index (χ1) is 9.81. The molecule has 1 fully saturated rings. The van der Waals surface area contributed by atoms with Gasteiger partial charge in [-0.05, 0) is 67.2 Å². The molecule has 0 atom stereocenters. The molecule has 0 aromatic carbocycles.